The van der Waals surface area contributed by atoms with Crippen LogP contribution in [-0.4, -0.2) is 11.3 Å². The predicted octanol–water partition coefficient (Wildman–Crippen LogP) is 4.29. The summed E-state index contributed by atoms with van der Waals surface area (Å²) in [4.78, 5) is 14.8. The van der Waals surface area contributed by atoms with Crippen LogP contribution in [0.25, 0.3) is 10.6 Å². The van der Waals surface area contributed by atoms with Gasteiger partial charge in [0.2, 0.25) is 0 Å². The number of benzene rings is 1. The number of hydrogen-bond donors (Lipinski definition) is 0. The van der Waals surface area contributed by atoms with E-state index in [1.807, 2.05) is 0 Å². The van der Waals surface area contributed by atoms with Crippen LogP contribution < -0.4 is 0 Å². The van der Waals surface area contributed by atoms with Crippen LogP contribution in [0.5, 0.6) is 0 Å². The van der Waals surface area contributed by atoms with Crippen molar-refractivity contribution < 1.29 is 18.0 Å². The molecule has 0 saturated carbocycles. The first-order valence-corrected chi connectivity index (χ1v) is 5.90. The number of alkyl halides is 3. The summed E-state index contributed by atoms with van der Waals surface area (Å²) in [6.45, 7) is 0. The van der Waals surface area contributed by atoms with E-state index in [4.69, 9.17) is 11.6 Å². The molecule has 0 bridgehead atoms. The number of halogens is 4. The van der Waals surface area contributed by atoms with Gasteiger partial charge in [-0.25, -0.2) is 4.98 Å². The highest BCUT2D eigenvalue weighted by Gasteiger charge is 2.30. The van der Waals surface area contributed by atoms with Gasteiger partial charge >= 0.3 is 6.18 Å². The minimum Gasteiger partial charge on any atom is -0.297 e. The fourth-order valence-corrected chi connectivity index (χ4v) is 2.38. The zero-order valence-corrected chi connectivity index (χ0v) is 10.2. The molecule has 0 saturated heterocycles. The molecule has 0 radical (unpaired) electrons. The van der Waals surface area contributed by atoms with Gasteiger partial charge in [0.1, 0.15) is 9.88 Å². The number of carbonyl (C=O) groups excluding carboxylic acids is 1. The standard InChI is InChI=1S/C11H5ClF3NOS/c12-9-8(5-17)18-10(16-9)6-1-3-7(4-2-6)11(13,14)15/h1-5H. The van der Waals surface area contributed by atoms with Gasteiger partial charge in [-0.3, -0.25) is 4.79 Å². The van der Waals surface area contributed by atoms with Crippen molar-refractivity contribution in [2.75, 3.05) is 0 Å². The predicted molar refractivity (Wildman–Crippen MR) is 62.9 cm³/mol. The average molecular weight is 292 g/mol. The Morgan fingerprint density at radius 3 is 2.28 bits per heavy atom. The van der Waals surface area contributed by atoms with Gasteiger partial charge in [0.25, 0.3) is 0 Å². The van der Waals surface area contributed by atoms with Crippen molar-refractivity contribution in [1.29, 1.82) is 0 Å². The van der Waals surface area contributed by atoms with Crippen molar-refractivity contribution in [3.05, 3.63) is 39.9 Å². The Morgan fingerprint density at radius 2 is 1.83 bits per heavy atom. The van der Waals surface area contributed by atoms with Crippen LogP contribution in [0.2, 0.25) is 5.15 Å². The quantitative estimate of drug-likeness (QED) is 0.772. The maximum atomic E-state index is 12.4. The second kappa shape index (κ2) is 4.70. The smallest absolute Gasteiger partial charge is 0.297 e. The molecule has 2 nitrogen and oxygen atoms in total. The first-order chi connectivity index (χ1) is 8.41. The molecule has 0 spiro atoms. The second-order valence-corrected chi connectivity index (χ2v) is 4.76. The topological polar surface area (TPSA) is 30.0 Å². The molecule has 1 heterocycles. The molecule has 7 heteroatoms. The van der Waals surface area contributed by atoms with E-state index in [2.05, 4.69) is 4.98 Å². The van der Waals surface area contributed by atoms with Crippen LogP contribution in [0.1, 0.15) is 15.2 Å². The summed E-state index contributed by atoms with van der Waals surface area (Å²) < 4.78 is 37.1. The van der Waals surface area contributed by atoms with E-state index < -0.39 is 11.7 Å². The maximum Gasteiger partial charge on any atom is 0.416 e. The Bertz CT molecular complexity index is 577. The van der Waals surface area contributed by atoms with E-state index in [-0.39, 0.29) is 10.0 Å². The van der Waals surface area contributed by atoms with Crippen LogP contribution in [-0.2, 0) is 6.18 Å². The Morgan fingerprint density at radius 1 is 1.22 bits per heavy atom. The fourth-order valence-electron chi connectivity index (χ4n) is 1.31. The van der Waals surface area contributed by atoms with Gasteiger partial charge in [-0.05, 0) is 12.1 Å². The molecule has 2 aromatic rings. The van der Waals surface area contributed by atoms with Gasteiger partial charge in [-0.15, -0.1) is 11.3 Å². The number of nitrogens with zero attached hydrogens (tertiary/aromatic N) is 1. The Labute approximate surface area is 109 Å². The van der Waals surface area contributed by atoms with Crippen molar-refractivity contribution >= 4 is 29.2 Å². The SMILES string of the molecule is O=Cc1sc(-c2ccc(C(F)(F)F)cc2)nc1Cl. The lowest BCUT2D eigenvalue weighted by Gasteiger charge is -2.06. The summed E-state index contributed by atoms with van der Waals surface area (Å²) in [5.74, 6) is 0. The molecule has 94 valence electrons. The second-order valence-electron chi connectivity index (χ2n) is 3.37. The van der Waals surface area contributed by atoms with Crippen LogP contribution >= 0.6 is 22.9 Å². The number of aromatic nitrogens is 1. The highest BCUT2D eigenvalue weighted by atomic mass is 35.5. The number of rotatable bonds is 2. The lowest BCUT2D eigenvalue weighted by atomic mass is 10.1. The van der Waals surface area contributed by atoms with Gasteiger partial charge in [-0.1, -0.05) is 23.7 Å². The minimum atomic E-state index is -4.37. The normalized spacial score (nSPS) is 11.6. The minimum absolute atomic E-state index is 0.0601. The lowest BCUT2D eigenvalue weighted by molar-refractivity contribution is -0.137. The fraction of sp³-hybridized carbons (Fsp3) is 0.0909. The molecule has 0 atom stereocenters. The van der Waals surface area contributed by atoms with Crippen LogP contribution in [0.3, 0.4) is 0 Å². The van der Waals surface area contributed by atoms with Crippen molar-refractivity contribution in [3.63, 3.8) is 0 Å². The van der Waals surface area contributed by atoms with E-state index >= 15 is 0 Å². The van der Waals surface area contributed by atoms with Crippen LogP contribution in [0.15, 0.2) is 24.3 Å². The van der Waals surface area contributed by atoms with E-state index in [9.17, 15) is 18.0 Å². The van der Waals surface area contributed by atoms with Crippen molar-refractivity contribution in [2.45, 2.75) is 6.18 Å². The highest BCUT2D eigenvalue weighted by molar-refractivity contribution is 7.17. The Hall–Kier alpha value is -1.40. The molecule has 0 aliphatic carbocycles. The summed E-state index contributed by atoms with van der Waals surface area (Å²) in [5.41, 5.74) is -0.243. The van der Waals surface area contributed by atoms with E-state index in [0.29, 0.717) is 16.9 Å². The number of thiazole rings is 1. The molecule has 0 amide bonds. The summed E-state index contributed by atoms with van der Waals surface area (Å²) in [6.07, 6.45) is -3.80. The van der Waals surface area contributed by atoms with E-state index in [1.54, 1.807) is 0 Å². The zero-order valence-electron chi connectivity index (χ0n) is 8.66. The van der Waals surface area contributed by atoms with Gasteiger partial charge in [0.15, 0.2) is 11.4 Å². The lowest BCUT2D eigenvalue weighted by Crippen LogP contribution is -2.03. The molecular formula is C11H5ClF3NOS. The molecule has 0 aliphatic rings. The molecule has 0 N–H and O–H groups in total. The van der Waals surface area contributed by atoms with Gasteiger partial charge in [-0.2, -0.15) is 13.2 Å². The van der Waals surface area contributed by atoms with Gasteiger partial charge < -0.3 is 0 Å². The van der Waals surface area contributed by atoms with Crippen LogP contribution in [0, 0.1) is 0 Å². The van der Waals surface area contributed by atoms with Crippen LogP contribution in [0.4, 0.5) is 13.2 Å². The van der Waals surface area contributed by atoms with Gasteiger partial charge in [0, 0.05) is 5.56 Å². The number of carbonyl (C=O) groups is 1. The largest absolute Gasteiger partial charge is 0.416 e. The third-order valence-corrected chi connectivity index (χ3v) is 3.61. The van der Waals surface area contributed by atoms with Gasteiger partial charge in [0.05, 0.1) is 5.56 Å². The summed E-state index contributed by atoms with van der Waals surface area (Å²) >= 11 is 6.72. The molecule has 0 fully saturated rings. The summed E-state index contributed by atoms with van der Waals surface area (Å²) in [5, 5.41) is 0.473. The molecule has 2 rings (SSSR count). The van der Waals surface area contributed by atoms with Crippen molar-refractivity contribution in [2.24, 2.45) is 0 Å². The zero-order chi connectivity index (χ0) is 13.3. The maximum absolute atomic E-state index is 12.4. The third-order valence-electron chi connectivity index (χ3n) is 2.18. The Kier molecular flexibility index (Phi) is 3.41. The highest BCUT2D eigenvalue weighted by Crippen LogP contribution is 2.33. The summed E-state index contributed by atoms with van der Waals surface area (Å²) in [6, 6.07) is 4.52. The molecular weight excluding hydrogens is 287 g/mol. The average Bonchev–Trinajstić information content (AvgIpc) is 2.69. The molecule has 0 aliphatic heterocycles. The molecule has 1 aromatic heterocycles. The summed E-state index contributed by atoms with van der Waals surface area (Å²) in [7, 11) is 0. The van der Waals surface area contributed by atoms with Crippen molar-refractivity contribution in [3.8, 4) is 10.6 Å². The molecule has 18 heavy (non-hydrogen) atoms. The van der Waals surface area contributed by atoms with Crippen molar-refractivity contribution in [1.82, 2.24) is 4.98 Å². The van der Waals surface area contributed by atoms with E-state index in [1.165, 1.54) is 12.1 Å². The third kappa shape index (κ3) is 2.54. The number of aldehydes is 1. The first kappa shape index (κ1) is 13.0. The monoisotopic (exact) mass is 291 g/mol. The van der Waals surface area contributed by atoms with E-state index in [0.717, 1.165) is 23.5 Å². The first-order valence-electron chi connectivity index (χ1n) is 4.71. The molecule has 1 aromatic carbocycles. The molecule has 0 unspecified atom stereocenters. The number of hydrogen-bond acceptors (Lipinski definition) is 3. The Balaban J connectivity index is 2.37.